The molecular weight excluding hydrogens is 420 g/mol. The summed E-state index contributed by atoms with van der Waals surface area (Å²) < 4.78 is 34.5. The molecule has 9 nitrogen and oxygen atoms in total. The van der Waals surface area contributed by atoms with E-state index in [1.54, 1.807) is 21.4 Å². The number of alkyl halides is 2. The average Bonchev–Trinajstić information content (AvgIpc) is 3.40. The average molecular weight is 443 g/mol. The summed E-state index contributed by atoms with van der Waals surface area (Å²) in [5, 5.41) is 22.1. The molecule has 4 heterocycles. The predicted octanol–water partition coefficient (Wildman–Crippen LogP) is 3.19. The summed E-state index contributed by atoms with van der Waals surface area (Å²) in [7, 11) is 0. The van der Waals surface area contributed by atoms with Crippen LogP contribution >= 0.6 is 0 Å². The molecule has 4 aromatic heterocycles. The maximum Gasteiger partial charge on any atom is 0.272 e. The summed E-state index contributed by atoms with van der Waals surface area (Å²) >= 11 is 0. The van der Waals surface area contributed by atoms with Crippen molar-refractivity contribution in [3.05, 3.63) is 36.9 Å². The fraction of sp³-hybridized carbons (Fsp3) is 0.429. The van der Waals surface area contributed by atoms with Crippen molar-refractivity contribution in [1.82, 2.24) is 29.2 Å². The number of aliphatic hydroxyl groups is 1. The molecule has 0 amide bonds. The van der Waals surface area contributed by atoms with E-state index >= 15 is 0 Å². The first-order valence-corrected chi connectivity index (χ1v) is 10.5. The second kappa shape index (κ2) is 7.97. The van der Waals surface area contributed by atoms with Gasteiger partial charge in [0.25, 0.3) is 6.43 Å². The third-order valence-corrected chi connectivity index (χ3v) is 5.81. The van der Waals surface area contributed by atoms with Gasteiger partial charge in [-0.05, 0) is 50.8 Å². The van der Waals surface area contributed by atoms with Gasteiger partial charge in [0.1, 0.15) is 11.8 Å². The van der Waals surface area contributed by atoms with Crippen LogP contribution in [0.2, 0.25) is 0 Å². The second-order valence-corrected chi connectivity index (χ2v) is 8.36. The Bertz CT molecular complexity index is 1240. The Morgan fingerprint density at radius 2 is 2.06 bits per heavy atom. The minimum atomic E-state index is -2.63. The van der Waals surface area contributed by atoms with E-state index in [9.17, 15) is 13.9 Å². The third-order valence-electron chi connectivity index (χ3n) is 5.81. The van der Waals surface area contributed by atoms with Crippen molar-refractivity contribution in [3.8, 4) is 17.0 Å². The Balaban J connectivity index is 1.51. The number of rotatable bonds is 6. The maximum absolute atomic E-state index is 12.9. The van der Waals surface area contributed by atoms with Gasteiger partial charge in [-0.25, -0.2) is 22.8 Å². The molecule has 2 N–H and O–H groups in total. The van der Waals surface area contributed by atoms with Crippen molar-refractivity contribution in [1.29, 1.82) is 0 Å². The topological polar surface area (TPSA) is 102 Å². The van der Waals surface area contributed by atoms with Gasteiger partial charge in [0, 0.05) is 29.6 Å². The first kappa shape index (κ1) is 20.6. The fourth-order valence-electron chi connectivity index (χ4n) is 4.07. The number of ether oxygens (including phenoxy) is 1. The van der Waals surface area contributed by atoms with Gasteiger partial charge < -0.3 is 15.2 Å². The molecule has 0 saturated heterocycles. The monoisotopic (exact) mass is 443 g/mol. The van der Waals surface area contributed by atoms with E-state index in [1.807, 2.05) is 25.1 Å². The second-order valence-electron chi connectivity index (χ2n) is 8.36. The highest BCUT2D eigenvalue weighted by Crippen LogP contribution is 2.33. The Morgan fingerprint density at radius 3 is 2.84 bits per heavy atom. The van der Waals surface area contributed by atoms with E-state index in [2.05, 4.69) is 25.5 Å². The molecule has 0 radical (unpaired) electrons. The van der Waals surface area contributed by atoms with Gasteiger partial charge in [-0.3, -0.25) is 0 Å². The quantitative estimate of drug-likeness (QED) is 0.472. The zero-order valence-corrected chi connectivity index (χ0v) is 17.4. The standard InChI is InChI=1S/C21H23F2N7O2/c1-21(31)7-4-14(5-8-21)26-20-27-19(32-11-16(22)23)18-15(6-9-29(18)28-20)13-2-3-17-24-12-25-30(17)10-13/h2-3,6,9-10,12,14,16,31H,4-5,7-8,11H2,1H3,(H,26,28). The molecule has 0 bridgehead atoms. The van der Waals surface area contributed by atoms with Crippen LogP contribution in [0.3, 0.4) is 0 Å². The molecule has 1 aliphatic rings. The summed E-state index contributed by atoms with van der Waals surface area (Å²) in [6.07, 6.45) is 5.22. The van der Waals surface area contributed by atoms with Crippen molar-refractivity contribution in [2.75, 3.05) is 11.9 Å². The zero-order valence-electron chi connectivity index (χ0n) is 17.4. The number of aromatic nitrogens is 6. The number of nitrogens with zero attached hydrogens (tertiary/aromatic N) is 6. The molecule has 0 spiro atoms. The molecule has 5 rings (SSSR count). The summed E-state index contributed by atoms with van der Waals surface area (Å²) in [6.45, 7) is 1.06. The molecule has 1 aliphatic carbocycles. The summed E-state index contributed by atoms with van der Waals surface area (Å²) in [5.74, 6) is 0.367. The van der Waals surface area contributed by atoms with Crippen LogP contribution < -0.4 is 10.1 Å². The highest BCUT2D eigenvalue weighted by atomic mass is 19.3. The van der Waals surface area contributed by atoms with Gasteiger partial charge in [-0.1, -0.05) is 0 Å². The third kappa shape index (κ3) is 4.07. The van der Waals surface area contributed by atoms with E-state index in [0.29, 0.717) is 30.0 Å². The fourth-order valence-corrected chi connectivity index (χ4v) is 4.07. The summed E-state index contributed by atoms with van der Waals surface area (Å²) in [4.78, 5) is 8.55. The minimum Gasteiger partial charge on any atom is -0.470 e. The summed E-state index contributed by atoms with van der Waals surface area (Å²) in [6, 6.07) is 5.61. The maximum atomic E-state index is 12.9. The number of anilines is 1. The van der Waals surface area contributed by atoms with Crippen LogP contribution in [0, 0.1) is 0 Å². The lowest BCUT2D eigenvalue weighted by Gasteiger charge is -2.33. The molecule has 168 valence electrons. The van der Waals surface area contributed by atoms with Crippen LogP contribution in [0.15, 0.2) is 36.9 Å². The molecule has 1 fully saturated rings. The highest BCUT2D eigenvalue weighted by molar-refractivity contribution is 5.84. The van der Waals surface area contributed by atoms with E-state index in [0.717, 1.165) is 24.0 Å². The highest BCUT2D eigenvalue weighted by Gasteiger charge is 2.29. The molecule has 0 aliphatic heterocycles. The molecule has 0 aromatic carbocycles. The number of halogens is 2. The number of hydrogen-bond donors (Lipinski definition) is 2. The molecule has 1 saturated carbocycles. The Labute approximate surface area is 182 Å². The predicted molar refractivity (Wildman–Crippen MR) is 113 cm³/mol. The van der Waals surface area contributed by atoms with Crippen molar-refractivity contribution in [2.45, 2.75) is 50.7 Å². The van der Waals surface area contributed by atoms with Gasteiger partial charge >= 0.3 is 0 Å². The van der Waals surface area contributed by atoms with E-state index in [-0.39, 0.29) is 11.9 Å². The first-order chi connectivity index (χ1) is 15.4. The van der Waals surface area contributed by atoms with Crippen molar-refractivity contribution in [3.63, 3.8) is 0 Å². The van der Waals surface area contributed by atoms with Crippen LogP contribution in [-0.2, 0) is 0 Å². The van der Waals surface area contributed by atoms with Gasteiger partial charge in [0.15, 0.2) is 12.3 Å². The number of nitrogens with one attached hydrogen (secondary N) is 1. The van der Waals surface area contributed by atoms with E-state index < -0.39 is 18.6 Å². The van der Waals surface area contributed by atoms with Crippen LogP contribution in [0.1, 0.15) is 32.6 Å². The van der Waals surface area contributed by atoms with Crippen molar-refractivity contribution >= 4 is 17.1 Å². The lowest BCUT2D eigenvalue weighted by Crippen LogP contribution is -2.36. The SMILES string of the molecule is CC1(O)CCC(Nc2nc(OCC(F)F)c3c(-c4ccc5ncnn5c4)ccn3n2)CC1. The molecule has 0 atom stereocenters. The van der Waals surface area contributed by atoms with Crippen molar-refractivity contribution < 1.29 is 18.6 Å². The first-order valence-electron chi connectivity index (χ1n) is 10.5. The molecule has 32 heavy (non-hydrogen) atoms. The van der Waals surface area contributed by atoms with Gasteiger partial charge in [-0.15, -0.1) is 5.10 Å². The summed E-state index contributed by atoms with van der Waals surface area (Å²) in [5.41, 5.74) is 2.05. The van der Waals surface area contributed by atoms with Gasteiger partial charge in [-0.2, -0.15) is 10.1 Å². The molecule has 4 aromatic rings. The largest absolute Gasteiger partial charge is 0.470 e. The number of hydrogen-bond acceptors (Lipinski definition) is 7. The Hall–Kier alpha value is -3.34. The van der Waals surface area contributed by atoms with Crippen LogP contribution in [0.25, 0.3) is 22.3 Å². The molecular formula is C21H23F2N7O2. The van der Waals surface area contributed by atoms with Crippen LogP contribution in [-0.4, -0.2) is 59.0 Å². The minimum absolute atomic E-state index is 0.0734. The van der Waals surface area contributed by atoms with E-state index in [1.165, 1.54) is 6.33 Å². The lowest BCUT2D eigenvalue weighted by atomic mass is 9.84. The number of pyridine rings is 1. The van der Waals surface area contributed by atoms with Gasteiger partial charge in [0.2, 0.25) is 11.8 Å². The van der Waals surface area contributed by atoms with Crippen molar-refractivity contribution in [2.24, 2.45) is 0 Å². The zero-order chi connectivity index (χ0) is 22.3. The Morgan fingerprint density at radius 1 is 1.25 bits per heavy atom. The van der Waals surface area contributed by atoms with Gasteiger partial charge in [0.05, 0.1) is 5.60 Å². The Kier molecular flexibility index (Phi) is 5.12. The van der Waals surface area contributed by atoms with Crippen LogP contribution in [0.4, 0.5) is 14.7 Å². The lowest BCUT2D eigenvalue weighted by molar-refractivity contribution is 0.0195. The molecule has 0 unspecified atom stereocenters. The van der Waals surface area contributed by atoms with E-state index in [4.69, 9.17) is 4.74 Å². The normalized spacial score (nSPS) is 21.5. The molecule has 11 heteroatoms. The van der Waals surface area contributed by atoms with Crippen LogP contribution in [0.5, 0.6) is 5.88 Å². The smallest absolute Gasteiger partial charge is 0.272 e. The number of fused-ring (bicyclic) bond motifs is 2.